The number of halogens is 2. The molecule has 0 radical (unpaired) electrons. The Morgan fingerprint density at radius 2 is 2.07 bits per heavy atom. The van der Waals surface area contributed by atoms with E-state index in [0.717, 1.165) is 0 Å². The van der Waals surface area contributed by atoms with Gasteiger partial charge in [-0.15, -0.1) is 0 Å². The Morgan fingerprint density at radius 3 is 2.79 bits per heavy atom. The molecule has 0 bridgehead atoms. The maximum Gasteiger partial charge on any atom is 0.322 e. The van der Waals surface area contributed by atoms with E-state index in [1.54, 1.807) is 36.4 Å². The second-order valence-electron chi connectivity index (χ2n) is 6.16. The van der Waals surface area contributed by atoms with Crippen LogP contribution in [0.25, 0.3) is 0 Å². The molecule has 0 spiro atoms. The van der Waals surface area contributed by atoms with Gasteiger partial charge in [-0.05, 0) is 18.2 Å². The summed E-state index contributed by atoms with van der Waals surface area (Å²) in [6, 6.07) is 4.90. The molecule has 11 heteroatoms. The predicted molar refractivity (Wildman–Crippen MR) is 114 cm³/mol. The highest BCUT2D eigenvalue weighted by Crippen LogP contribution is 2.27. The van der Waals surface area contributed by atoms with E-state index in [-0.39, 0.29) is 6.03 Å². The lowest BCUT2D eigenvalue weighted by atomic mass is 10.3. The molecule has 2 heterocycles. The Balaban J connectivity index is 1.76. The SMILES string of the molecule is COCCNc1nc(Nc2ccc(Cl)c(Cl)c2)ncc1NC(=O)N1CCOCC1. The summed E-state index contributed by atoms with van der Waals surface area (Å²) in [4.78, 5) is 22.9. The van der Waals surface area contributed by atoms with Crippen LogP contribution in [-0.4, -0.2) is 67.5 Å². The second kappa shape index (κ2) is 10.4. The minimum Gasteiger partial charge on any atom is -0.383 e. The average molecular weight is 441 g/mol. The van der Waals surface area contributed by atoms with E-state index in [0.29, 0.717) is 72.6 Å². The third-order valence-corrected chi connectivity index (χ3v) is 4.84. The maximum atomic E-state index is 12.5. The van der Waals surface area contributed by atoms with E-state index in [2.05, 4.69) is 25.9 Å². The highest BCUT2D eigenvalue weighted by molar-refractivity contribution is 6.42. The van der Waals surface area contributed by atoms with Gasteiger partial charge in [0.15, 0.2) is 5.82 Å². The van der Waals surface area contributed by atoms with E-state index in [9.17, 15) is 4.79 Å². The number of nitrogens with one attached hydrogen (secondary N) is 3. The molecule has 29 heavy (non-hydrogen) atoms. The Hall–Kier alpha value is -2.33. The predicted octanol–water partition coefficient (Wildman–Crippen LogP) is 3.45. The number of rotatable bonds is 7. The smallest absolute Gasteiger partial charge is 0.322 e. The zero-order valence-corrected chi connectivity index (χ0v) is 17.4. The number of aromatic nitrogens is 2. The van der Waals surface area contributed by atoms with E-state index < -0.39 is 0 Å². The summed E-state index contributed by atoms with van der Waals surface area (Å²) in [5, 5.41) is 9.95. The molecule has 0 aliphatic carbocycles. The number of nitrogens with zero attached hydrogens (tertiary/aromatic N) is 3. The van der Waals surface area contributed by atoms with Crippen LogP contribution >= 0.6 is 23.2 Å². The molecule has 1 saturated heterocycles. The van der Waals surface area contributed by atoms with Crippen molar-refractivity contribution in [2.24, 2.45) is 0 Å². The normalized spacial score (nSPS) is 13.8. The number of carbonyl (C=O) groups is 1. The molecular formula is C18H22Cl2N6O3. The molecule has 2 amide bonds. The first kappa shape index (κ1) is 21.4. The number of hydrogen-bond donors (Lipinski definition) is 3. The lowest BCUT2D eigenvalue weighted by Crippen LogP contribution is -2.43. The largest absolute Gasteiger partial charge is 0.383 e. The fourth-order valence-electron chi connectivity index (χ4n) is 2.60. The summed E-state index contributed by atoms with van der Waals surface area (Å²) < 4.78 is 10.4. The third kappa shape index (κ3) is 6.07. The maximum absolute atomic E-state index is 12.5. The van der Waals surface area contributed by atoms with E-state index >= 15 is 0 Å². The van der Waals surface area contributed by atoms with E-state index in [1.165, 1.54) is 0 Å². The molecule has 3 N–H and O–H groups in total. The number of morpholine rings is 1. The van der Waals surface area contributed by atoms with Crippen molar-refractivity contribution < 1.29 is 14.3 Å². The van der Waals surface area contributed by atoms with Gasteiger partial charge in [0.05, 0.1) is 36.1 Å². The molecule has 1 aliphatic rings. The fourth-order valence-corrected chi connectivity index (χ4v) is 2.90. The topological polar surface area (TPSA) is 101 Å². The summed E-state index contributed by atoms with van der Waals surface area (Å²) >= 11 is 12.0. The van der Waals surface area contributed by atoms with Crippen LogP contribution in [0.1, 0.15) is 0 Å². The Bertz CT molecular complexity index is 848. The van der Waals surface area contributed by atoms with Gasteiger partial charge in [0.1, 0.15) is 5.69 Å². The molecule has 156 valence electrons. The van der Waals surface area contributed by atoms with Gasteiger partial charge in [0.25, 0.3) is 0 Å². The number of hydrogen-bond acceptors (Lipinski definition) is 7. The van der Waals surface area contributed by atoms with Crippen molar-refractivity contribution in [1.29, 1.82) is 0 Å². The quantitative estimate of drug-likeness (QED) is 0.566. The van der Waals surface area contributed by atoms with Gasteiger partial charge in [0.2, 0.25) is 5.95 Å². The van der Waals surface area contributed by atoms with Crippen molar-refractivity contribution in [3.05, 3.63) is 34.4 Å². The van der Waals surface area contributed by atoms with Gasteiger partial charge in [-0.2, -0.15) is 4.98 Å². The van der Waals surface area contributed by atoms with E-state index in [1.807, 2.05) is 0 Å². The zero-order valence-electron chi connectivity index (χ0n) is 15.9. The zero-order chi connectivity index (χ0) is 20.6. The van der Waals surface area contributed by atoms with Crippen LogP contribution in [0.3, 0.4) is 0 Å². The summed E-state index contributed by atoms with van der Waals surface area (Å²) in [5.41, 5.74) is 1.16. The highest BCUT2D eigenvalue weighted by Gasteiger charge is 2.19. The molecule has 2 aromatic rings. The first-order valence-electron chi connectivity index (χ1n) is 9.02. The summed E-state index contributed by atoms with van der Waals surface area (Å²) in [6.45, 7) is 3.12. The molecule has 9 nitrogen and oxygen atoms in total. The van der Waals surface area contributed by atoms with Crippen LogP contribution in [0.2, 0.25) is 10.0 Å². The third-order valence-electron chi connectivity index (χ3n) is 4.10. The molecule has 0 unspecified atom stereocenters. The molecule has 0 saturated carbocycles. The van der Waals surface area contributed by atoms with Crippen molar-refractivity contribution in [2.45, 2.75) is 0 Å². The van der Waals surface area contributed by atoms with E-state index in [4.69, 9.17) is 32.7 Å². The van der Waals surface area contributed by atoms with Gasteiger partial charge in [-0.3, -0.25) is 0 Å². The van der Waals surface area contributed by atoms with Crippen LogP contribution in [0.5, 0.6) is 0 Å². The highest BCUT2D eigenvalue weighted by atomic mass is 35.5. The number of anilines is 4. The van der Waals surface area contributed by atoms with Crippen LogP contribution < -0.4 is 16.0 Å². The molecule has 1 aromatic carbocycles. The average Bonchev–Trinajstić information content (AvgIpc) is 2.73. The monoisotopic (exact) mass is 440 g/mol. The number of benzene rings is 1. The lowest BCUT2D eigenvalue weighted by molar-refractivity contribution is 0.0564. The van der Waals surface area contributed by atoms with Gasteiger partial charge in [-0.1, -0.05) is 23.2 Å². The summed E-state index contributed by atoms with van der Waals surface area (Å²) in [7, 11) is 1.61. The first-order valence-corrected chi connectivity index (χ1v) is 9.78. The molecule has 0 atom stereocenters. The Labute approximate surface area is 178 Å². The minimum absolute atomic E-state index is 0.225. The van der Waals surface area contributed by atoms with Crippen LogP contribution in [0.4, 0.5) is 27.9 Å². The summed E-state index contributed by atoms with van der Waals surface area (Å²) in [5.74, 6) is 0.814. The standard InChI is InChI=1S/C18H22Cl2N6O3/c1-28-7-4-21-16-15(24-18(27)26-5-8-29-9-6-26)11-22-17(25-16)23-12-2-3-13(19)14(20)10-12/h2-3,10-11H,4-9H2,1H3,(H,24,27)(H2,21,22,23,25). The molecule has 3 rings (SSSR count). The van der Waals surface area contributed by atoms with Crippen molar-refractivity contribution in [3.8, 4) is 0 Å². The number of urea groups is 1. The van der Waals surface area contributed by atoms with Crippen molar-refractivity contribution in [1.82, 2.24) is 14.9 Å². The van der Waals surface area contributed by atoms with Crippen LogP contribution in [0, 0.1) is 0 Å². The van der Waals surface area contributed by atoms with Crippen molar-refractivity contribution in [3.63, 3.8) is 0 Å². The summed E-state index contributed by atoms with van der Waals surface area (Å²) in [6.07, 6.45) is 1.54. The lowest BCUT2D eigenvalue weighted by Gasteiger charge is -2.27. The Morgan fingerprint density at radius 1 is 1.28 bits per heavy atom. The first-order chi connectivity index (χ1) is 14.1. The number of carbonyl (C=O) groups excluding carboxylic acids is 1. The van der Waals surface area contributed by atoms with Crippen LogP contribution in [-0.2, 0) is 9.47 Å². The molecule has 1 fully saturated rings. The molecule has 1 aromatic heterocycles. The number of amides is 2. The number of ether oxygens (including phenoxy) is 2. The second-order valence-corrected chi connectivity index (χ2v) is 6.97. The van der Waals surface area contributed by atoms with Crippen molar-refractivity contribution in [2.75, 3.05) is 62.5 Å². The molecule has 1 aliphatic heterocycles. The van der Waals surface area contributed by atoms with Gasteiger partial charge >= 0.3 is 6.03 Å². The van der Waals surface area contributed by atoms with Gasteiger partial charge in [0, 0.05) is 32.4 Å². The Kier molecular flexibility index (Phi) is 7.70. The van der Waals surface area contributed by atoms with Gasteiger partial charge in [-0.25, -0.2) is 9.78 Å². The minimum atomic E-state index is -0.225. The number of methoxy groups -OCH3 is 1. The fraction of sp³-hybridized carbons (Fsp3) is 0.389. The molecular weight excluding hydrogens is 419 g/mol. The van der Waals surface area contributed by atoms with Gasteiger partial charge < -0.3 is 30.3 Å². The van der Waals surface area contributed by atoms with Crippen molar-refractivity contribution >= 4 is 52.4 Å². The van der Waals surface area contributed by atoms with Crippen LogP contribution in [0.15, 0.2) is 24.4 Å².